The van der Waals surface area contributed by atoms with Gasteiger partial charge in [-0.2, -0.15) is 0 Å². The number of rotatable bonds is 6. The third kappa shape index (κ3) is 4.83. The third-order valence-electron chi connectivity index (χ3n) is 4.85. The molecule has 1 aliphatic rings. The van der Waals surface area contributed by atoms with Crippen molar-refractivity contribution in [1.29, 1.82) is 0 Å². The first-order chi connectivity index (χ1) is 13.9. The molecule has 0 bridgehead atoms. The van der Waals surface area contributed by atoms with Crippen LogP contribution in [0.15, 0.2) is 24.3 Å². The first kappa shape index (κ1) is 20.6. The van der Waals surface area contributed by atoms with Crippen LogP contribution in [0.4, 0.5) is 5.69 Å². The molecule has 0 atom stereocenters. The van der Waals surface area contributed by atoms with Gasteiger partial charge in [0.15, 0.2) is 12.4 Å². The number of Topliss-reactive ketones (excluding diaryl/α,β-unsaturated/α-hetero) is 1. The lowest BCUT2D eigenvalue weighted by Crippen LogP contribution is -2.42. The largest absolute Gasteiger partial charge is 0.484 e. The second-order valence-corrected chi connectivity index (χ2v) is 6.94. The number of ether oxygens (including phenoxy) is 2. The minimum absolute atomic E-state index is 0.0404. The van der Waals surface area contributed by atoms with E-state index in [1.54, 1.807) is 43.0 Å². The summed E-state index contributed by atoms with van der Waals surface area (Å²) in [6.07, 6.45) is 0. The molecule has 2 aromatic rings. The lowest BCUT2D eigenvalue weighted by atomic mass is 10.1. The smallest absolute Gasteiger partial charge is 0.260 e. The fourth-order valence-electron chi connectivity index (χ4n) is 3.32. The maximum absolute atomic E-state index is 12.6. The number of anilines is 1. The zero-order valence-corrected chi connectivity index (χ0v) is 16.8. The molecule has 3 rings (SSSR count). The van der Waals surface area contributed by atoms with E-state index in [4.69, 9.17) is 9.47 Å². The van der Waals surface area contributed by atoms with Gasteiger partial charge < -0.3 is 24.7 Å². The van der Waals surface area contributed by atoms with Gasteiger partial charge in [-0.1, -0.05) is 0 Å². The van der Waals surface area contributed by atoms with Crippen molar-refractivity contribution < 1.29 is 23.9 Å². The second kappa shape index (κ2) is 8.91. The van der Waals surface area contributed by atoms with Crippen molar-refractivity contribution in [2.24, 2.45) is 0 Å². The molecule has 8 heteroatoms. The van der Waals surface area contributed by atoms with E-state index in [1.807, 2.05) is 0 Å². The van der Waals surface area contributed by atoms with Crippen LogP contribution in [0, 0.1) is 13.8 Å². The normalized spacial score (nSPS) is 13.8. The lowest BCUT2D eigenvalue weighted by molar-refractivity contribution is -0.137. The standard InChI is InChI=1S/C21H25N3O5/c1-13-19(14(2)22-20(13)15(3)25)21(27)23-16-4-6-17(7-5-16)29-12-18(26)24-8-10-28-11-9-24/h4-7,22H,8-12H2,1-3H3,(H,23,27). The topological polar surface area (TPSA) is 101 Å². The first-order valence-electron chi connectivity index (χ1n) is 9.46. The molecule has 154 valence electrons. The highest BCUT2D eigenvalue weighted by Crippen LogP contribution is 2.21. The highest BCUT2D eigenvalue weighted by atomic mass is 16.5. The zero-order chi connectivity index (χ0) is 21.0. The molecular weight excluding hydrogens is 374 g/mol. The minimum Gasteiger partial charge on any atom is -0.484 e. The molecule has 1 saturated heterocycles. The third-order valence-corrected chi connectivity index (χ3v) is 4.85. The number of benzene rings is 1. The van der Waals surface area contributed by atoms with Crippen molar-refractivity contribution in [1.82, 2.24) is 9.88 Å². The summed E-state index contributed by atoms with van der Waals surface area (Å²) in [6.45, 7) is 7.19. The molecule has 0 aliphatic carbocycles. The second-order valence-electron chi connectivity index (χ2n) is 6.94. The summed E-state index contributed by atoms with van der Waals surface area (Å²) in [5, 5.41) is 2.82. The number of hydrogen-bond donors (Lipinski definition) is 2. The number of carbonyl (C=O) groups is 3. The number of aromatic amines is 1. The Bertz CT molecular complexity index is 911. The van der Waals surface area contributed by atoms with Crippen molar-refractivity contribution in [2.45, 2.75) is 20.8 Å². The molecular formula is C21H25N3O5. The molecule has 2 heterocycles. The van der Waals surface area contributed by atoms with Gasteiger partial charge in [0.2, 0.25) is 0 Å². The summed E-state index contributed by atoms with van der Waals surface area (Å²) in [4.78, 5) is 41.1. The average Bonchev–Trinajstić information content (AvgIpc) is 3.02. The fourth-order valence-corrected chi connectivity index (χ4v) is 3.32. The Balaban J connectivity index is 1.58. The summed E-state index contributed by atoms with van der Waals surface area (Å²) >= 11 is 0. The molecule has 1 aliphatic heterocycles. The van der Waals surface area contributed by atoms with Crippen molar-refractivity contribution in [2.75, 3.05) is 38.2 Å². The number of morpholine rings is 1. The van der Waals surface area contributed by atoms with Crippen LogP contribution in [-0.2, 0) is 9.53 Å². The van der Waals surface area contributed by atoms with Crippen LogP contribution in [0.5, 0.6) is 5.75 Å². The molecule has 1 aromatic carbocycles. The zero-order valence-electron chi connectivity index (χ0n) is 16.8. The number of aromatic nitrogens is 1. The van der Waals surface area contributed by atoms with Crippen LogP contribution in [0.1, 0.15) is 39.0 Å². The summed E-state index contributed by atoms with van der Waals surface area (Å²) < 4.78 is 10.8. The SMILES string of the molecule is CC(=O)c1[nH]c(C)c(C(=O)Nc2ccc(OCC(=O)N3CCOCC3)cc2)c1C. The van der Waals surface area contributed by atoms with Gasteiger partial charge >= 0.3 is 0 Å². The summed E-state index contributed by atoms with van der Waals surface area (Å²) in [6, 6.07) is 6.80. The summed E-state index contributed by atoms with van der Waals surface area (Å²) in [7, 11) is 0. The molecule has 1 aromatic heterocycles. The molecule has 2 amide bonds. The van der Waals surface area contributed by atoms with Gasteiger partial charge in [0.05, 0.1) is 24.5 Å². The van der Waals surface area contributed by atoms with Crippen molar-refractivity contribution in [3.05, 3.63) is 46.8 Å². The van der Waals surface area contributed by atoms with Crippen LogP contribution in [0.2, 0.25) is 0 Å². The average molecular weight is 399 g/mol. The van der Waals surface area contributed by atoms with Crippen LogP contribution < -0.4 is 10.1 Å². The molecule has 1 fully saturated rings. The Morgan fingerprint density at radius 3 is 2.38 bits per heavy atom. The van der Waals surface area contributed by atoms with Gasteiger partial charge in [-0.15, -0.1) is 0 Å². The molecule has 0 spiro atoms. The van der Waals surface area contributed by atoms with Gasteiger partial charge in [-0.05, 0) is 43.7 Å². The van der Waals surface area contributed by atoms with Gasteiger partial charge in [-0.3, -0.25) is 14.4 Å². The van der Waals surface area contributed by atoms with Crippen LogP contribution in [0.25, 0.3) is 0 Å². The molecule has 2 N–H and O–H groups in total. The van der Waals surface area contributed by atoms with Crippen LogP contribution in [0.3, 0.4) is 0 Å². The monoisotopic (exact) mass is 399 g/mol. The molecule has 0 saturated carbocycles. The van der Waals surface area contributed by atoms with Crippen molar-refractivity contribution in [3.8, 4) is 5.75 Å². The fraction of sp³-hybridized carbons (Fsp3) is 0.381. The van der Waals surface area contributed by atoms with Gasteiger partial charge in [0.1, 0.15) is 5.75 Å². The highest BCUT2D eigenvalue weighted by molar-refractivity contribution is 6.08. The molecule has 29 heavy (non-hydrogen) atoms. The van der Waals surface area contributed by atoms with Crippen LogP contribution in [-0.4, -0.2) is 60.4 Å². The molecule has 0 radical (unpaired) electrons. The predicted octanol–water partition coefficient (Wildman–Crippen LogP) is 2.32. The van der Waals surface area contributed by atoms with E-state index < -0.39 is 0 Å². The number of nitrogens with one attached hydrogen (secondary N) is 2. The number of H-pyrrole nitrogens is 1. The Labute approximate surface area is 169 Å². The Kier molecular flexibility index (Phi) is 6.33. The van der Waals surface area contributed by atoms with Crippen LogP contribution >= 0.6 is 0 Å². The van der Waals surface area contributed by atoms with E-state index in [0.29, 0.717) is 60.3 Å². The number of hydrogen-bond acceptors (Lipinski definition) is 5. The van der Waals surface area contributed by atoms with Gasteiger partial charge in [0, 0.05) is 31.4 Å². The van der Waals surface area contributed by atoms with Crippen molar-refractivity contribution in [3.63, 3.8) is 0 Å². The number of carbonyl (C=O) groups excluding carboxylic acids is 3. The summed E-state index contributed by atoms with van der Waals surface area (Å²) in [5.41, 5.74) is 2.78. The van der Waals surface area contributed by atoms with Gasteiger partial charge in [-0.25, -0.2) is 0 Å². The maximum atomic E-state index is 12.6. The summed E-state index contributed by atoms with van der Waals surface area (Å²) in [5.74, 6) is 0.0561. The van der Waals surface area contributed by atoms with E-state index in [0.717, 1.165) is 0 Å². The lowest BCUT2D eigenvalue weighted by Gasteiger charge is -2.26. The van der Waals surface area contributed by atoms with E-state index in [1.165, 1.54) is 6.92 Å². The maximum Gasteiger partial charge on any atom is 0.260 e. The molecule has 0 unspecified atom stereocenters. The molecule has 8 nitrogen and oxygen atoms in total. The quantitative estimate of drug-likeness (QED) is 0.726. The number of amides is 2. The van der Waals surface area contributed by atoms with Crippen molar-refractivity contribution >= 4 is 23.3 Å². The van der Waals surface area contributed by atoms with E-state index in [-0.39, 0.29) is 24.2 Å². The van der Waals surface area contributed by atoms with Gasteiger partial charge in [0.25, 0.3) is 11.8 Å². The van der Waals surface area contributed by atoms with E-state index >= 15 is 0 Å². The Hall–Kier alpha value is -3.13. The number of aryl methyl sites for hydroxylation is 1. The first-order valence-corrected chi connectivity index (χ1v) is 9.46. The predicted molar refractivity (Wildman–Crippen MR) is 108 cm³/mol. The number of nitrogens with zero attached hydrogens (tertiary/aromatic N) is 1. The minimum atomic E-state index is -0.292. The van der Waals surface area contributed by atoms with E-state index in [9.17, 15) is 14.4 Å². The Morgan fingerprint density at radius 1 is 1.14 bits per heavy atom. The van der Waals surface area contributed by atoms with E-state index in [2.05, 4.69) is 10.3 Å². The highest BCUT2D eigenvalue weighted by Gasteiger charge is 2.20. The Morgan fingerprint density at radius 2 is 1.79 bits per heavy atom. The number of ketones is 1.